The summed E-state index contributed by atoms with van der Waals surface area (Å²) >= 11 is 0. The first kappa shape index (κ1) is 17.6. The number of anilines is 1. The minimum Gasteiger partial charge on any atom is -0.544 e. The molecule has 1 aromatic carbocycles. The van der Waals surface area contributed by atoms with Crippen LogP contribution >= 0.6 is 0 Å². The molecule has 1 atom stereocenters. The molecule has 0 saturated carbocycles. The van der Waals surface area contributed by atoms with Gasteiger partial charge < -0.3 is 25.3 Å². The monoisotopic (exact) mass is 305 g/mol. The fourth-order valence-electron chi connectivity index (χ4n) is 1.90. The number of carbonyl (C=O) groups is 2. The number of hydrogen-bond donors (Lipinski definition) is 2. The van der Waals surface area contributed by atoms with Gasteiger partial charge in [0.05, 0.1) is 36.8 Å². The third-order valence-corrected chi connectivity index (χ3v) is 3.03. The van der Waals surface area contributed by atoms with Gasteiger partial charge in [-0.15, -0.1) is 0 Å². The van der Waals surface area contributed by atoms with Crippen molar-refractivity contribution in [3.05, 3.63) is 29.8 Å². The number of nitrogens with two attached hydrogens (primary N) is 1. The van der Waals surface area contributed by atoms with E-state index in [1.165, 1.54) is 0 Å². The average Bonchev–Trinajstić information content (AvgIpc) is 2.50. The highest BCUT2D eigenvalue weighted by Crippen LogP contribution is 2.13. The van der Waals surface area contributed by atoms with Gasteiger partial charge in [-0.05, 0) is 12.1 Å². The van der Waals surface area contributed by atoms with E-state index in [1.54, 1.807) is 36.7 Å². The van der Waals surface area contributed by atoms with Gasteiger partial charge >= 0.3 is 0 Å². The van der Waals surface area contributed by atoms with E-state index in [0.29, 0.717) is 30.8 Å². The molecule has 0 aliphatic heterocycles. The molecule has 1 amide bonds. The molecule has 118 valence electrons. The van der Waals surface area contributed by atoms with Crippen molar-refractivity contribution in [2.75, 3.05) is 25.6 Å². The SMILES string of the molecule is COCCC[NH2+][C@@H](CC(=O)Nc1ccccc1C#N)C(=O)[O-]. The summed E-state index contributed by atoms with van der Waals surface area (Å²) in [6.45, 7) is 1.05. The summed E-state index contributed by atoms with van der Waals surface area (Å²) < 4.78 is 4.88. The number of quaternary nitrogens is 1. The molecule has 0 radical (unpaired) electrons. The molecular formula is C15H19N3O4. The average molecular weight is 305 g/mol. The van der Waals surface area contributed by atoms with Crippen molar-refractivity contribution in [3.8, 4) is 6.07 Å². The molecule has 22 heavy (non-hydrogen) atoms. The lowest BCUT2D eigenvalue weighted by molar-refractivity contribution is -0.682. The van der Waals surface area contributed by atoms with Gasteiger partial charge in [-0.3, -0.25) is 4.79 Å². The lowest BCUT2D eigenvalue weighted by atomic mass is 10.1. The van der Waals surface area contributed by atoms with Crippen LogP contribution in [0.1, 0.15) is 18.4 Å². The molecule has 0 aliphatic carbocycles. The molecule has 0 spiro atoms. The van der Waals surface area contributed by atoms with E-state index in [9.17, 15) is 14.7 Å². The van der Waals surface area contributed by atoms with Gasteiger partial charge in [-0.1, -0.05) is 12.1 Å². The zero-order valence-corrected chi connectivity index (χ0v) is 12.4. The van der Waals surface area contributed by atoms with Crippen LogP contribution in [0.15, 0.2) is 24.3 Å². The van der Waals surface area contributed by atoms with Crippen molar-refractivity contribution in [2.45, 2.75) is 18.9 Å². The van der Waals surface area contributed by atoms with Gasteiger partial charge in [-0.2, -0.15) is 5.26 Å². The number of ether oxygens (including phenoxy) is 1. The summed E-state index contributed by atoms with van der Waals surface area (Å²) in [5, 5.41) is 24.1. The number of hydrogen-bond acceptors (Lipinski definition) is 5. The number of aliphatic carboxylic acids is 1. The molecule has 7 heteroatoms. The highest BCUT2D eigenvalue weighted by Gasteiger charge is 2.18. The van der Waals surface area contributed by atoms with Crippen molar-refractivity contribution in [1.82, 2.24) is 0 Å². The van der Waals surface area contributed by atoms with Gasteiger partial charge in [0, 0.05) is 13.5 Å². The highest BCUT2D eigenvalue weighted by molar-refractivity contribution is 5.94. The molecule has 0 saturated heterocycles. The lowest BCUT2D eigenvalue weighted by Crippen LogP contribution is -2.93. The number of amides is 1. The Labute approximate surface area is 128 Å². The van der Waals surface area contributed by atoms with Crippen LogP contribution < -0.4 is 15.7 Å². The molecule has 0 heterocycles. The molecule has 1 rings (SSSR count). The van der Waals surface area contributed by atoms with Crippen LogP contribution in [0, 0.1) is 11.3 Å². The molecule has 0 aliphatic rings. The summed E-state index contributed by atoms with van der Waals surface area (Å²) in [6.07, 6.45) is 0.453. The predicted molar refractivity (Wildman–Crippen MR) is 76.5 cm³/mol. The maximum atomic E-state index is 11.9. The summed E-state index contributed by atoms with van der Waals surface area (Å²) in [6, 6.07) is 7.52. The third kappa shape index (κ3) is 5.91. The van der Waals surface area contributed by atoms with Crippen LogP contribution in [0.5, 0.6) is 0 Å². The smallest absolute Gasteiger partial charge is 0.230 e. The number of carbonyl (C=O) groups excluding carboxylic acids is 2. The van der Waals surface area contributed by atoms with Gasteiger partial charge in [0.15, 0.2) is 0 Å². The zero-order valence-electron chi connectivity index (χ0n) is 12.4. The van der Waals surface area contributed by atoms with Crippen molar-refractivity contribution >= 4 is 17.6 Å². The van der Waals surface area contributed by atoms with E-state index in [4.69, 9.17) is 10.00 Å². The molecule has 0 bridgehead atoms. The number of benzene rings is 1. The first-order valence-corrected chi connectivity index (χ1v) is 6.90. The van der Waals surface area contributed by atoms with E-state index < -0.39 is 17.9 Å². The molecule has 0 aromatic heterocycles. The fourth-order valence-corrected chi connectivity index (χ4v) is 1.90. The van der Waals surface area contributed by atoms with E-state index in [2.05, 4.69) is 5.32 Å². The van der Waals surface area contributed by atoms with Crippen molar-refractivity contribution in [2.24, 2.45) is 0 Å². The Balaban J connectivity index is 2.56. The minimum atomic E-state index is -1.29. The van der Waals surface area contributed by atoms with Crippen LogP contribution in [0.25, 0.3) is 0 Å². The number of carboxylic acids is 1. The Morgan fingerprint density at radius 1 is 1.45 bits per heavy atom. The van der Waals surface area contributed by atoms with Crippen molar-refractivity contribution < 1.29 is 24.7 Å². The van der Waals surface area contributed by atoms with Crippen molar-refractivity contribution in [3.63, 3.8) is 0 Å². The number of para-hydroxylation sites is 1. The van der Waals surface area contributed by atoms with Gasteiger partial charge in [0.25, 0.3) is 0 Å². The fraction of sp³-hybridized carbons (Fsp3) is 0.400. The Kier molecular flexibility index (Phi) is 7.61. The molecule has 1 aromatic rings. The molecule has 3 N–H and O–H groups in total. The number of rotatable bonds is 9. The van der Waals surface area contributed by atoms with Crippen LogP contribution in [0.3, 0.4) is 0 Å². The first-order valence-electron chi connectivity index (χ1n) is 6.90. The molecule has 7 nitrogen and oxygen atoms in total. The number of carboxylic acid groups (broad SMARTS) is 1. The van der Waals surface area contributed by atoms with E-state index in [0.717, 1.165) is 0 Å². The Morgan fingerprint density at radius 2 is 2.18 bits per heavy atom. The number of nitriles is 1. The number of methoxy groups -OCH3 is 1. The van der Waals surface area contributed by atoms with Gasteiger partial charge in [0.1, 0.15) is 12.1 Å². The van der Waals surface area contributed by atoms with E-state index in [1.807, 2.05) is 6.07 Å². The third-order valence-electron chi connectivity index (χ3n) is 3.03. The zero-order chi connectivity index (χ0) is 16.4. The largest absolute Gasteiger partial charge is 0.544 e. The van der Waals surface area contributed by atoms with Gasteiger partial charge in [-0.25, -0.2) is 0 Å². The number of nitrogens with one attached hydrogen (secondary N) is 1. The van der Waals surface area contributed by atoms with E-state index in [-0.39, 0.29) is 6.42 Å². The molecule has 0 fully saturated rings. The topological polar surface area (TPSA) is 119 Å². The van der Waals surface area contributed by atoms with E-state index >= 15 is 0 Å². The quantitative estimate of drug-likeness (QED) is 0.544. The van der Waals surface area contributed by atoms with Crippen LogP contribution in [0.4, 0.5) is 5.69 Å². The predicted octanol–water partition coefficient (Wildman–Crippen LogP) is -1.39. The Hall–Kier alpha value is -2.43. The summed E-state index contributed by atoms with van der Waals surface area (Å²) in [4.78, 5) is 23.0. The molecule has 0 unspecified atom stereocenters. The molecular weight excluding hydrogens is 286 g/mol. The summed E-state index contributed by atoms with van der Waals surface area (Å²) in [5.41, 5.74) is 0.691. The number of nitrogens with zero attached hydrogens (tertiary/aromatic N) is 1. The van der Waals surface area contributed by atoms with Crippen LogP contribution in [-0.2, 0) is 14.3 Å². The minimum absolute atomic E-state index is 0.227. The normalized spacial score (nSPS) is 11.5. The second kappa shape index (κ2) is 9.50. The standard InChI is InChI=1S/C15H19N3O4/c1-22-8-4-7-17-13(15(20)21)9-14(19)18-12-6-3-2-5-11(12)10-16/h2-3,5-6,13,17H,4,7-9H2,1H3,(H,18,19)(H,20,21)/t13-/m0/s1. The van der Waals surface area contributed by atoms with Crippen LogP contribution in [0.2, 0.25) is 0 Å². The second-order valence-electron chi connectivity index (χ2n) is 4.71. The first-order chi connectivity index (χ1) is 10.6. The van der Waals surface area contributed by atoms with Crippen LogP contribution in [-0.4, -0.2) is 38.2 Å². The van der Waals surface area contributed by atoms with Gasteiger partial charge in [0.2, 0.25) is 5.91 Å². The van der Waals surface area contributed by atoms with Crippen molar-refractivity contribution in [1.29, 1.82) is 5.26 Å². The Bertz CT molecular complexity index is 554. The highest BCUT2D eigenvalue weighted by atomic mass is 16.5. The maximum absolute atomic E-state index is 11.9. The lowest BCUT2D eigenvalue weighted by Gasteiger charge is -2.16. The Morgan fingerprint density at radius 3 is 2.82 bits per heavy atom. The maximum Gasteiger partial charge on any atom is 0.230 e. The second-order valence-corrected chi connectivity index (χ2v) is 4.71. The summed E-state index contributed by atoms with van der Waals surface area (Å²) in [7, 11) is 1.57. The summed E-state index contributed by atoms with van der Waals surface area (Å²) in [5.74, 6) is -1.76.